The Morgan fingerprint density at radius 2 is 1.71 bits per heavy atom. The van der Waals surface area contributed by atoms with E-state index in [2.05, 4.69) is 17.1 Å². The van der Waals surface area contributed by atoms with Gasteiger partial charge < -0.3 is 19.9 Å². The van der Waals surface area contributed by atoms with Crippen LogP contribution in [-0.2, 0) is 14.3 Å². The number of benzene rings is 2. The Bertz CT molecular complexity index is 1170. The summed E-state index contributed by atoms with van der Waals surface area (Å²) in [6.07, 6.45) is 2.16. The normalized spacial score (nSPS) is 18.7. The first kappa shape index (κ1) is 27.7. The quantitative estimate of drug-likeness (QED) is 0.379. The van der Waals surface area contributed by atoms with Crippen molar-refractivity contribution in [3.8, 4) is 0 Å². The second-order valence-corrected chi connectivity index (χ2v) is 10.1. The van der Waals surface area contributed by atoms with Gasteiger partial charge in [0.2, 0.25) is 5.91 Å². The maximum absolute atomic E-state index is 13.6. The molecule has 38 heavy (non-hydrogen) atoms. The predicted octanol–water partition coefficient (Wildman–Crippen LogP) is 4.07. The molecule has 1 N–H and O–H groups in total. The maximum atomic E-state index is 13.6. The lowest BCUT2D eigenvalue weighted by Crippen LogP contribution is -2.44. The number of anilines is 2. The van der Waals surface area contributed by atoms with Gasteiger partial charge in [0.25, 0.3) is 5.91 Å². The number of nitrogens with one attached hydrogen (secondary N) is 1. The van der Waals surface area contributed by atoms with Crippen LogP contribution in [0.25, 0.3) is 0 Å². The molecule has 202 valence electrons. The molecule has 0 aliphatic carbocycles. The summed E-state index contributed by atoms with van der Waals surface area (Å²) in [6.45, 7) is 7.47. The molecule has 10 heteroatoms. The summed E-state index contributed by atoms with van der Waals surface area (Å²) in [5.74, 6) is -0.810. The van der Waals surface area contributed by atoms with E-state index in [1.807, 2.05) is 4.90 Å². The van der Waals surface area contributed by atoms with Crippen LogP contribution in [-0.4, -0.2) is 71.5 Å². The van der Waals surface area contributed by atoms with Crippen LogP contribution in [0, 0.1) is 11.7 Å². The Hall–Kier alpha value is -3.37. The van der Waals surface area contributed by atoms with Crippen molar-refractivity contribution in [1.82, 2.24) is 9.80 Å². The van der Waals surface area contributed by atoms with Gasteiger partial charge in [-0.1, -0.05) is 6.92 Å². The fraction of sp³-hybridized carbons (Fsp3) is 0.429. The van der Waals surface area contributed by atoms with Gasteiger partial charge in [0.15, 0.2) is 5.11 Å². The van der Waals surface area contributed by atoms with Crippen LogP contribution in [0.1, 0.15) is 43.5 Å². The second kappa shape index (κ2) is 12.4. The average molecular weight is 541 g/mol. The minimum absolute atomic E-state index is 0.106. The number of halogens is 1. The van der Waals surface area contributed by atoms with Gasteiger partial charge in [0.1, 0.15) is 11.9 Å². The van der Waals surface area contributed by atoms with E-state index in [0.717, 1.165) is 32.5 Å². The number of hydrogen-bond acceptors (Lipinski definition) is 6. The number of rotatable bonds is 9. The Kier molecular flexibility index (Phi) is 9.06. The highest BCUT2D eigenvalue weighted by molar-refractivity contribution is 7.80. The summed E-state index contributed by atoms with van der Waals surface area (Å²) in [5.41, 5.74) is 1.34. The number of likely N-dealkylation sites (tertiary alicyclic amines) is 1. The predicted molar refractivity (Wildman–Crippen MR) is 147 cm³/mol. The molecule has 4 rings (SSSR count). The van der Waals surface area contributed by atoms with Crippen LogP contribution >= 0.6 is 12.2 Å². The molecule has 1 atom stereocenters. The lowest BCUT2D eigenvalue weighted by atomic mass is 9.99. The highest BCUT2D eigenvalue weighted by Crippen LogP contribution is 2.28. The molecule has 0 radical (unpaired) electrons. The highest BCUT2D eigenvalue weighted by Gasteiger charge is 2.44. The van der Waals surface area contributed by atoms with Crippen molar-refractivity contribution in [2.24, 2.45) is 5.92 Å². The summed E-state index contributed by atoms with van der Waals surface area (Å²) in [6, 6.07) is 11.2. The molecule has 2 saturated heterocycles. The average Bonchev–Trinajstić information content (AvgIpc) is 3.13. The van der Waals surface area contributed by atoms with Crippen molar-refractivity contribution in [3.05, 3.63) is 59.9 Å². The van der Waals surface area contributed by atoms with Gasteiger partial charge in [-0.15, -0.1) is 0 Å². The number of nitrogens with zero attached hydrogens (tertiary/aromatic N) is 3. The first-order valence-corrected chi connectivity index (χ1v) is 13.4. The van der Waals surface area contributed by atoms with Crippen molar-refractivity contribution in [2.45, 2.75) is 39.2 Å². The third-order valence-corrected chi connectivity index (χ3v) is 7.41. The Morgan fingerprint density at radius 3 is 2.34 bits per heavy atom. The number of ether oxygens (including phenoxy) is 1. The van der Waals surface area contributed by atoms with E-state index >= 15 is 0 Å². The highest BCUT2D eigenvalue weighted by atomic mass is 32.1. The zero-order valence-corrected chi connectivity index (χ0v) is 22.5. The Labute approximate surface area is 227 Å². The van der Waals surface area contributed by atoms with Gasteiger partial charge in [-0.2, -0.15) is 0 Å². The number of hydrogen-bond donors (Lipinski definition) is 1. The summed E-state index contributed by atoms with van der Waals surface area (Å²) < 4.78 is 18.3. The van der Waals surface area contributed by atoms with Crippen LogP contribution < -0.4 is 10.2 Å². The minimum atomic E-state index is -0.781. The molecule has 0 saturated carbocycles. The van der Waals surface area contributed by atoms with E-state index in [4.69, 9.17) is 17.0 Å². The van der Waals surface area contributed by atoms with Crippen LogP contribution in [0.15, 0.2) is 48.5 Å². The molecule has 0 bridgehead atoms. The number of piperidine rings is 1. The standard InChI is InChI=1S/C28H33FN4O4S/c1-3-37-27(36)20-4-10-23(11-5-20)33-26(35)24(18-25(34)30-22-8-6-21(29)7-9-22)32(28(33)38)17-16-31-14-12-19(2)13-15-31/h4-11,19,24H,3,12-18H2,1-2H3,(H,30,34)/t24-/m0/s1. The number of carbonyl (C=O) groups excluding carboxylic acids is 3. The molecule has 2 aliphatic heterocycles. The molecule has 2 heterocycles. The van der Waals surface area contributed by atoms with Crippen LogP contribution in [0.3, 0.4) is 0 Å². The van der Waals surface area contributed by atoms with Gasteiger partial charge in [-0.05, 0) is 99.5 Å². The zero-order chi connectivity index (χ0) is 27.2. The molecule has 2 aromatic rings. The van der Waals surface area contributed by atoms with Crippen LogP contribution in [0.4, 0.5) is 15.8 Å². The molecule has 0 aromatic heterocycles. The van der Waals surface area contributed by atoms with Gasteiger partial charge in [0, 0.05) is 18.8 Å². The summed E-state index contributed by atoms with van der Waals surface area (Å²) in [5, 5.41) is 3.06. The molecule has 2 fully saturated rings. The number of amides is 2. The van der Waals surface area contributed by atoms with Crippen LogP contribution in [0.2, 0.25) is 0 Å². The van der Waals surface area contributed by atoms with E-state index < -0.39 is 17.8 Å². The van der Waals surface area contributed by atoms with Gasteiger partial charge in [-0.3, -0.25) is 14.5 Å². The molecule has 0 unspecified atom stereocenters. The summed E-state index contributed by atoms with van der Waals surface area (Å²) in [4.78, 5) is 44.2. The second-order valence-electron chi connectivity index (χ2n) is 9.72. The minimum Gasteiger partial charge on any atom is -0.462 e. The lowest BCUT2D eigenvalue weighted by Gasteiger charge is -2.32. The first-order chi connectivity index (χ1) is 18.3. The molecule has 2 amide bonds. The number of carbonyl (C=O) groups is 3. The van der Waals surface area contributed by atoms with E-state index in [0.29, 0.717) is 34.5 Å². The topological polar surface area (TPSA) is 82.2 Å². The van der Waals surface area contributed by atoms with E-state index in [1.54, 1.807) is 31.2 Å². The molecular formula is C28H33FN4O4S. The molecule has 2 aliphatic rings. The third kappa shape index (κ3) is 6.54. The third-order valence-electron chi connectivity index (χ3n) is 7.00. The zero-order valence-electron chi connectivity index (χ0n) is 21.7. The Morgan fingerprint density at radius 1 is 1.05 bits per heavy atom. The Balaban J connectivity index is 1.51. The van der Waals surface area contributed by atoms with E-state index in [9.17, 15) is 18.8 Å². The fourth-order valence-electron chi connectivity index (χ4n) is 4.74. The van der Waals surface area contributed by atoms with Crippen molar-refractivity contribution in [1.29, 1.82) is 0 Å². The van der Waals surface area contributed by atoms with Crippen molar-refractivity contribution in [3.63, 3.8) is 0 Å². The number of esters is 1. The first-order valence-electron chi connectivity index (χ1n) is 13.0. The van der Waals surface area contributed by atoms with E-state index in [1.165, 1.54) is 29.2 Å². The SMILES string of the molecule is CCOC(=O)c1ccc(N2C(=O)[C@H](CC(=O)Nc3ccc(F)cc3)N(CCN3CCC(C)CC3)C2=S)cc1. The molecule has 8 nitrogen and oxygen atoms in total. The smallest absolute Gasteiger partial charge is 0.338 e. The molecule has 0 spiro atoms. The number of thiocarbonyl (C=S) groups is 1. The summed E-state index contributed by atoms with van der Waals surface area (Å²) in [7, 11) is 0. The summed E-state index contributed by atoms with van der Waals surface area (Å²) >= 11 is 5.75. The lowest BCUT2D eigenvalue weighted by molar-refractivity contribution is -0.124. The van der Waals surface area contributed by atoms with Crippen molar-refractivity contribution in [2.75, 3.05) is 43.0 Å². The van der Waals surface area contributed by atoms with E-state index in [-0.39, 0.29) is 24.8 Å². The monoisotopic (exact) mass is 540 g/mol. The molecule has 2 aromatic carbocycles. The molecular weight excluding hydrogens is 507 g/mol. The van der Waals surface area contributed by atoms with Crippen molar-refractivity contribution >= 4 is 46.5 Å². The van der Waals surface area contributed by atoms with Gasteiger partial charge in [0.05, 0.1) is 24.3 Å². The van der Waals surface area contributed by atoms with Crippen molar-refractivity contribution < 1.29 is 23.5 Å². The van der Waals surface area contributed by atoms with Crippen LogP contribution in [0.5, 0.6) is 0 Å². The maximum Gasteiger partial charge on any atom is 0.338 e. The largest absolute Gasteiger partial charge is 0.462 e. The fourth-order valence-corrected chi connectivity index (χ4v) is 5.16. The van der Waals surface area contributed by atoms with Gasteiger partial charge >= 0.3 is 5.97 Å². The van der Waals surface area contributed by atoms with Gasteiger partial charge in [-0.25, -0.2) is 9.18 Å².